The second kappa shape index (κ2) is 5.08. The molecule has 1 aromatic carbocycles. The van der Waals surface area contributed by atoms with Gasteiger partial charge in [0.1, 0.15) is 0 Å². The van der Waals surface area contributed by atoms with Gasteiger partial charge in [0.05, 0.1) is 5.56 Å². The lowest BCUT2D eigenvalue weighted by molar-refractivity contribution is -0.136. The van der Waals surface area contributed by atoms with Gasteiger partial charge in [0.2, 0.25) is 0 Å². The van der Waals surface area contributed by atoms with Crippen LogP contribution in [0.4, 0.5) is 24.5 Å². The van der Waals surface area contributed by atoms with E-state index in [1.54, 1.807) is 6.07 Å². The maximum atomic E-state index is 12.7. The molecule has 1 aromatic rings. The van der Waals surface area contributed by atoms with E-state index in [1.807, 2.05) is 0 Å². The Bertz CT molecular complexity index is 409. The van der Waals surface area contributed by atoms with E-state index in [9.17, 15) is 13.2 Å². The fourth-order valence-electron chi connectivity index (χ4n) is 2.37. The average molecular weight is 258 g/mol. The van der Waals surface area contributed by atoms with E-state index in [1.165, 1.54) is 12.5 Å². The molecule has 2 nitrogen and oxygen atoms in total. The minimum atomic E-state index is -4.39. The van der Waals surface area contributed by atoms with Gasteiger partial charge in [-0.15, -0.1) is 0 Å². The molecule has 1 aliphatic carbocycles. The van der Waals surface area contributed by atoms with E-state index < -0.39 is 11.7 Å². The van der Waals surface area contributed by atoms with Crippen molar-refractivity contribution in [3.05, 3.63) is 23.8 Å². The van der Waals surface area contributed by atoms with Gasteiger partial charge < -0.3 is 11.1 Å². The second-order valence-corrected chi connectivity index (χ2v) is 4.78. The predicted molar refractivity (Wildman–Crippen MR) is 66.4 cm³/mol. The molecule has 3 N–H and O–H groups in total. The summed E-state index contributed by atoms with van der Waals surface area (Å²) in [6, 6.07) is 4.31. The first-order valence-corrected chi connectivity index (χ1v) is 6.20. The van der Waals surface area contributed by atoms with Gasteiger partial charge in [-0.1, -0.05) is 19.3 Å². The number of nitrogens with one attached hydrogen (secondary N) is 1. The van der Waals surface area contributed by atoms with Crippen molar-refractivity contribution < 1.29 is 13.2 Å². The van der Waals surface area contributed by atoms with Crippen LogP contribution in [0.15, 0.2) is 18.2 Å². The van der Waals surface area contributed by atoms with Gasteiger partial charge in [-0.2, -0.15) is 13.2 Å². The Morgan fingerprint density at radius 1 is 1.11 bits per heavy atom. The Morgan fingerprint density at radius 2 is 1.78 bits per heavy atom. The van der Waals surface area contributed by atoms with Crippen molar-refractivity contribution in [1.82, 2.24) is 0 Å². The molecule has 5 heteroatoms. The Kier molecular flexibility index (Phi) is 3.68. The molecule has 0 unspecified atom stereocenters. The quantitative estimate of drug-likeness (QED) is 0.786. The number of anilines is 2. The Labute approximate surface area is 104 Å². The third-order valence-electron chi connectivity index (χ3n) is 3.33. The lowest BCUT2D eigenvalue weighted by atomic mass is 9.95. The molecule has 1 aliphatic rings. The molecule has 1 saturated carbocycles. The Hall–Kier alpha value is -1.39. The van der Waals surface area contributed by atoms with Crippen molar-refractivity contribution >= 4 is 11.4 Å². The first-order chi connectivity index (χ1) is 8.47. The fraction of sp³-hybridized carbons (Fsp3) is 0.538. The number of rotatable bonds is 2. The fourth-order valence-corrected chi connectivity index (χ4v) is 2.37. The van der Waals surface area contributed by atoms with Crippen LogP contribution >= 0.6 is 0 Å². The highest BCUT2D eigenvalue weighted by Crippen LogP contribution is 2.35. The number of nitrogen functional groups attached to an aromatic ring is 1. The number of alkyl halides is 3. The average Bonchev–Trinajstić information content (AvgIpc) is 2.31. The van der Waals surface area contributed by atoms with Crippen molar-refractivity contribution in [2.45, 2.75) is 44.3 Å². The molecule has 0 bridgehead atoms. The normalized spacial score (nSPS) is 17.7. The van der Waals surface area contributed by atoms with E-state index in [0.717, 1.165) is 31.7 Å². The van der Waals surface area contributed by atoms with Crippen LogP contribution in [0.2, 0.25) is 0 Å². The van der Waals surface area contributed by atoms with Crippen molar-refractivity contribution in [2.24, 2.45) is 0 Å². The summed E-state index contributed by atoms with van der Waals surface area (Å²) in [5.41, 5.74) is 4.88. The largest absolute Gasteiger partial charge is 0.418 e. The molecule has 1 fully saturated rings. The molecule has 18 heavy (non-hydrogen) atoms. The predicted octanol–water partition coefficient (Wildman–Crippen LogP) is 4.03. The van der Waals surface area contributed by atoms with Crippen molar-refractivity contribution in [3.63, 3.8) is 0 Å². The summed E-state index contributed by atoms with van der Waals surface area (Å²) >= 11 is 0. The molecular weight excluding hydrogens is 241 g/mol. The molecule has 100 valence electrons. The van der Waals surface area contributed by atoms with Crippen molar-refractivity contribution in [1.29, 1.82) is 0 Å². The summed E-state index contributed by atoms with van der Waals surface area (Å²) in [6.45, 7) is 0. The van der Waals surface area contributed by atoms with Crippen LogP contribution in [0.1, 0.15) is 37.7 Å². The maximum absolute atomic E-state index is 12.7. The molecule has 0 aliphatic heterocycles. The zero-order valence-corrected chi connectivity index (χ0v) is 10.1. The number of halogens is 3. The maximum Gasteiger partial charge on any atom is 0.418 e. The third kappa shape index (κ3) is 3.09. The highest BCUT2D eigenvalue weighted by atomic mass is 19.4. The summed E-state index contributed by atoms with van der Waals surface area (Å²) in [6.07, 6.45) is 1.14. The van der Waals surface area contributed by atoms with Gasteiger partial charge in [0, 0.05) is 17.4 Å². The molecule has 0 spiro atoms. The number of benzene rings is 1. The number of hydrogen-bond donors (Lipinski definition) is 2. The van der Waals surface area contributed by atoms with Crippen LogP contribution in [0.5, 0.6) is 0 Å². The van der Waals surface area contributed by atoms with Gasteiger partial charge >= 0.3 is 6.18 Å². The lowest BCUT2D eigenvalue weighted by Crippen LogP contribution is -2.22. The van der Waals surface area contributed by atoms with E-state index >= 15 is 0 Å². The third-order valence-corrected chi connectivity index (χ3v) is 3.33. The first-order valence-electron chi connectivity index (χ1n) is 6.20. The summed E-state index contributed by atoms with van der Waals surface area (Å²) in [4.78, 5) is 0. The molecule has 0 radical (unpaired) electrons. The van der Waals surface area contributed by atoms with E-state index in [4.69, 9.17) is 5.73 Å². The smallest absolute Gasteiger partial charge is 0.398 e. The van der Waals surface area contributed by atoms with Crippen LogP contribution < -0.4 is 11.1 Å². The summed E-state index contributed by atoms with van der Waals surface area (Å²) < 4.78 is 38.1. The summed E-state index contributed by atoms with van der Waals surface area (Å²) in [7, 11) is 0. The van der Waals surface area contributed by atoms with Crippen molar-refractivity contribution in [3.8, 4) is 0 Å². The minimum absolute atomic E-state index is 0.225. The van der Waals surface area contributed by atoms with Gasteiger partial charge in [-0.3, -0.25) is 0 Å². The summed E-state index contributed by atoms with van der Waals surface area (Å²) in [5.74, 6) is 0. The standard InChI is InChI=1S/C13H17F3N2/c14-13(15,16)11-8-10(6-7-12(11)17)18-9-4-2-1-3-5-9/h6-9,18H,1-5,17H2. The molecular formula is C13H17F3N2. The van der Waals surface area contributed by atoms with Crippen LogP contribution in [0.3, 0.4) is 0 Å². The monoisotopic (exact) mass is 258 g/mol. The van der Waals surface area contributed by atoms with Crippen LogP contribution in [-0.2, 0) is 6.18 Å². The molecule has 0 amide bonds. The number of nitrogens with two attached hydrogens (primary N) is 1. The summed E-state index contributed by atoms with van der Waals surface area (Å²) in [5, 5.41) is 3.16. The zero-order valence-electron chi connectivity index (χ0n) is 10.1. The Balaban J connectivity index is 2.14. The Morgan fingerprint density at radius 3 is 2.39 bits per heavy atom. The van der Waals surface area contributed by atoms with E-state index in [-0.39, 0.29) is 11.7 Å². The topological polar surface area (TPSA) is 38.0 Å². The van der Waals surface area contributed by atoms with Crippen molar-refractivity contribution in [2.75, 3.05) is 11.1 Å². The van der Waals surface area contributed by atoms with E-state index in [2.05, 4.69) is 5.32 Å². The minimum Gasteiger partial charge on any atom is -0.398 e. The lowest BCUT2D eigenvalue weighted by Gasteiger charge is -2.24. The van der Waals surface area contributed by atoms with Gasteiger partial charge in [-0.05, 0) is 31.0 Å². The highest BCUT2D eigenvalue weighted by Gasteiger charge is 2.33. The van der Waals surface area contributed by atoms with E-state index in [0.29, 0.717) is 5.69 Å². The van der Waals surface area contributed by atoms with Crippen LogP contribution in [-0.4, -0.2) is 6.04 Å². The van der Waals surface area contributed by atoms with Gasteiger partial charge in [0.25, 0.3) is 0 Å². The highest BCUT2D eigenvalue weighted by molar-refractivity contribution is 5.58. The molecule has 0 heterocycles. The molecule has 0 saturated heterocycles. The SMILES string of the molecule is Nc1ccc(NC2CCCCC2)cc1C(F)(F)F. The number of hydrogen-bond acceptors (Lipinski definition) is 2. The van der Waals surface area contributed by atoms with Crippen LogP contribution in [0, 0.1) is 0 Å². The molecule has 2 rings (SSSR count). The second-order valence-electron chi connectivity index (χ2n) is 4.78. The zero-order chi connectivity index (χ0) is 13.2. The molecule has 0 aromatic heterocycles. The molecule has 0 atom stereocenters. The van der Waals surface area contributed by atoms with Gasteiger partial charge in [0.15, 0.2) is 0 Å². The first kappa shape index (κ1) is 13.1. The van der Waals surface area contributed by atoms with Crippen LogP contribution in [0.25, 0.3) is 0 Å². The van der Waals surface area contributed by atoms with Gasteiger partial charge in [-0.25, -0.2) is 0 Å².